The lowest BCUT2D eigenvalue weighted by atomic mass is 10.1. The summed E-state index contributed by atoms with van der Waals surface area (Å²) in [7, 11) is 0. The van der Waals surface area contributed by atoms with Crippen LogP contribution in [0.5, 0.6) is 0 Å². The maximum Gasteiger partial charge on any atom is 0.335 e. The highest BCUT2D eigenvalue weighted by Crippen LogP contribution is 2.32. The fourth-order valence-corrected chi connectivity index (χ4v) is 3.03. The molecule has 0 saturated carbocycles. The van der Waals surface area contributed by atoms with Gasteiger partial charge in [-0.2, -0.15) is 0 Å². The molecule has 0 unspecified atom stereocenters. The summed E-state index contributed by atoms with van der Waals surface area (Å²) in [5.41, 5.74) is 3.54. The zero-order valence-electron chi connectivity index (χ0n) is 15.4. The summed E-state index contributed by atoms with van der Waals surface area (Å²) in [4.78, 5) is 31.4. The number of nitrogens with zero attached hydrogens (tertiary/aromatic N) is 2. The summed E-state index contributed by atoms with van der Waals surface area (Å²) in [6, 6.07) is 13.0. The smallest absolute Gasteiger partial charge is 0.317 e. The van der Waals surface area contributed by atoms with Gasteiger partial charge in [-0.3, -0.25) is 4.79 Å². The molecule has 2 aromatic rings. The lowest BCUT2D eigenvalue weighted by molar-refractivity contribution is -0.143. The van der Waals surface area contributed by atoms with Gasteiger partial charge in [0, 0.05) is 17.0 Å². The van der Waals surface area contributed by atoms with Crippen molar-refractivity contribution in [3.63, 3.8) is 0 Å². The quantitative estimate of drug-likeness (QED) is 0.538. The molecule has 27 heavy (non-hydrogen) atoms. The van der Waals surface area contributed by atoms with Crippen molar-refractivity contribution in [3.05, 3.63) is 64.2 Å². The first-order valence-corrected chi connectivity index (χ1v) is 9.32. The van der Waals surface area contributed by atoms with Crippen molar-refractivity contribution in [2.75, 3.05) is 4.90 Å². The summed E-state index contributed by atoms with van der Waals surface area (Å²) in [6.45, 7) is 4.32. The van der Waals surface area contributed by atoms with Crippen LogP contribution in [0.3, 0.4) is 0 Å². The molecule has 140 valence electrons. The van der Waals surface area contributed by atoms with Crippen molar-refractivity contribution in [2.24, 2.45) is 5.16 Å². The second-order valence-electron chi connectivity index (χ2n) is 6.55. The topological polar surface area (TPSA) is 59.0 Å². The molecule has 0 spiro atoms. The number of anilines is 1. The number of unbranched alkanes of at least 4 members (excludes halogenated alkanes) is 1. The lowest BCUT2D eigenvalue weighted by Crippen LogP contribution is -2.29. The van der Waals surface area contributed by atoms with E-state index < -0.39 is 5.97 Å². The molecule has 0 bridgehead atoms. The van der Waals surface area contributed by atoms with Crippen LogP contribution in [0.2, 0.25) is 5.02 Å². The molecule has 0 N–H and O–H groups in total. The maximum atomic E-state index is 12.9. The highest BCUT2D eigenvalue weighted by molar-refractivity contribution is 6.54. The van der Waals surface area contributed by atoms with Crippen LogP contribution in [0.25, 0.3) is 0 Å². The largest absolute Gasteiger partial charge is 0.335 e. The molecule has 1 aliphatic heterocycles. The number of hydrogen-bond donors (Lipinski definition) is 0. The lowest BCUT2D eigenvalue weighted by Gasteiger charge is -2.17. The van der Waals surface area contributed by atoms with Crippen LogP contribution >= 0.6 is 11.6 Å². The molecular weight excluding hydrogens is 364 g/mol. The molecule has 1 amide bonds. The van der Waals surface area contributed by atoms with Crippen molar-refractivity contribution in [1.29, 1.82) is 0 Å². The number of aryl methyl sites for hydroxylation is 1. The van der Waals surface area contributed by atoms with Crippen LogP contribution in [-0.2, 0) is 21.0 Å². The van der Waals surface area contributed by atoms with Gasteiger partial charge >= 0.3 is 5.97 Å². The predicted molar refractivity (Wildman–Crippen MR) is 106 cm³/mol. The highest BCUT2D eigenvalue weighted by Gasteiger charge is 2.35. The Hall–Kier alpha value is -2.66. The van der Waals surface area contributed by atoms with Crippen molar-refractivity contribution in [1.82, 2.24) is 0 Å². The second kappa shape index (κ2) is 8.35. The minimum absolute atomic E-state index is 0.160. The Morgan fingerprint density at radius 1 is 1.19 bits per heavy atom. The summed E-state index contributed by atoms with van der Waals surface area (Å²) in [5.74, 6) is -0.712. The predicted octanol–water partition coefficient (Wildman–Crippen LogP) is 4.63. The van der Waals surface area contributed by atoms with Crippen molar-refractivity contribution in [3.8, 4) is 0 Å². The van der Waals surface area contributed by atoms with E-state index in [2.05, 4.69) is 5.16 Å². The maximum absolute atomic E-state index is 12.9. The summed E-state index contributed by atoms with van der Waals surface area (Å²) in [5, 5.41) is 4.54. The van der Waals surface area contributed by atoms with E-state index in [4.69, 9.17) is 16.4 Å². The second-order valence-corrected chi connectivity index (χ2v) is 6.98. The van der Waals surface area contributed by atoms with Crippen LogP contribution in [0, 0.1) is 6.92 Å². The van der Waals surface area contributed by atoms with Gasteiger partial charge in [0.15, 0.2) is 5.71 Å². The van der Waals surface area contributed by atoms with E-state index in [1.807, 2.05) is 44.2 Å². The van der Waals surface area contributed by atoms with Crippen LogP contribution in [0.4, 0.5) is 5.69 Å². The van der Waals surface area contributed by atoms with Crippen LogP contribution in [0.1, 0.15) is 42.9 Å². The Bertz CT molecular complexity index is 891. The van der Waals surface area contributed by atoms with Gasteiger partial charge < -0.3 is 9.74 Å². The molecular formula is C21H21ClN2O3. The normalized spacial score (nSPS) is 14.6. The van der Waals surface area contributed by atoms with Crippen molar-refractivity contribution < 1.29 is 14.4 Å². The van der Waals surface area contributed by atoms with Crippen LogP contribution < -0.4 is 4.90 Å². The number of benzene rings is 2. The molecule has 0 radical (unpaired) electrons. The third kappa shape index (κ3) is 4.37. The molecule has 5 nitrogen and oxygen atoms in total. The van der Waals surface area contributed by atoms with Gasteiger partial charge in [-0.05, 0) is 43.2 Å². The Morgan fingerprint density at radius 3 is 2.63 bits per heavy atom. The highest BCUT2D eigenvalue weighted by atomic mass is 35.5. The van der Waals surface area contributed by atoms with Gasteiger partial charge in [0.1, 0.15) is 0 Å². The summed E-state index contributed by atoms with van der Waals surface area (Å²) >= 11 is 5.94. The van der Waals surface area contributed by atoms with Gasteiger partial charge in [-0.1, -0.05) is 53.9 Å². The number of carbonyl (C=O) groups excluding carboxylic acids is 2. The molecule has 3 rings (SSSR count). The fraction of sp³-hybridized carbons (Fsp3) is 0.286. The molecule has 2 aromatic carbocycles. The first-order chi connectivity index (χ1) is 13.0. The van der Waals surface area contributed by atoms with Gasteiger partial charge in [-0.25, -0.2) is 4.79 Å². The zero-order chi connectivity index (χ0) is 19.4. The van der Waals surface area contributed by atoms with Gasteiger partial charge in [0.05, 0.1) is 12.2 Å². The van der Waals surface area contributed by atoms with E-state index in [1.165, 1.54) is 0 Å². The van der Waals surface area contributed by atoms with Crippen LogP contribution in [-0.4, -0.2) is 17.6 Å². The number of amides is 1. The van der Waals surface area contributed by atoms with E-state index >= 15 is 0 Å². The third-order valence-electron chi connectivity index (χ3n) is 4.37. The standard InChI is InChI=1S/C21H21ClN2O3/c1-3-4-5-19(25)27-23-20-17-12-14(2)6-11-18(17)24(21(20)26)13-15-7-9-16(22)10-8-15/h6-12H,3-5,13H2,1-2H3. The fourth-order valence-electron chi connectivity index (χ4n) is 2.91. The van der Waals surface area contributed by atoms with Gasteiger partial charge in [-0.15, -0.1) is 0 Å². The number of rotatable bonds is 6. The van der Waals surface area contributed by atoms with Crippen molar-refractivity contribution in [2.45, 2.75) is 39.7 Å². The SMILES string of the molecule is CCCCC(=O)ON=C1C(=O)N(Cc2ccc(Cl)cc2)c2ccc(C)cc21. The zero-order valence-corrected chi connectivity index (χ0v) is 16.1. The molecule has 1 aliphatic rings. The number of hydrogen-bond acceptors (Lipinski definition) is 4. The van der Waals surface area contributed by atoms with Crippen LogP contribution in [0.15, 0.2) is 47.6 Å². The summed E-state index contributed by atoms with van der Waals surface area (Å²) < 4.78 is 0. The monoisotopic (exact) mass is 384 g/mol. The van der Waals surface area contributed by atoms with Gasteiger partial charge in [0.2, 0.25) is 0 Å². The van der Waals surface area contributed by atoms with Crippen molar-refractivity contribution >= 4 is 34.9 Å². The molecule has 0 aromatic heterocycles. The Kier molecular flexibility index (Phi) is 5.91. The van der Waals surface area contributed by atoms with E-state index in [-0.39, 0.29) is 18.0 Å². The van der Waals surface area contributed by atoms with E-state index in [1.54, 1.807) is 17.0 Å². The number of carbonyl (C=O) groups is 2. The molecule has 0 atom stereocenters. The van der Waals surface area contributed by atoms with E-state index in [0.29, 0.717) is 17.1 Å². The minimum atomic E-state index is -0.428. The average molecular weight is 385 g/mol. The van der Waals surface area contributed by atoms with Gasteiger partial charge in [0.25, 0.3) is 5.91 Å². The number of halogens is 1. The number of fused-ring (bicyclic) bond motifs is 1. The first kappa shape index (κ1) is 19.1. The molecule has 0 fully saturated rings. The average Bonchev–Trinajstić information content (AvgIpc) is 2.91. The minimum Gasteiger partial charge on any atom is -0.317 e. The third-order valence-corrected chi connectivity index (χ3v) is 4.62. The Morgan fingerprint density at radius 2 is 1.93 bits per heavy atom. The molecule has 1 heterocycles. The molecule has 0 saturated heterocycles. The van der Waals surface area contributed by atoms with E-state index in [0.717, 1.165) is 29.7 Å². The Labute approximate surface area is 163 Å². The van der Waals surface area contributed by atoms with E-state index in [9.17, 15) is 9.59 Å². The molecule has 6 heteroatoms. The number of oxime groups is 1. The molecule has 0 aliphatic carbocycles. The first-order valence-electron chi connectivity index (χ1n) is 8.94. The Balaban J connectivity index is 1.88. The summed E-state index contributed by atoms with van der Waals surface area (Å²) in [6.07, 6.45) is 1.91.